The highest BCUT2D eigenvalue weighted by atomic mass is 16.5. The standard InChI is InChI=1S/C17H32N2O2/c1-16(6-3-2-4-7-16)15(19-18)14-5-10-21-17(13-14)8-11-20-12-9-17/h14-15,19H,2-13,18H2,1H3. The summed E-state index contributed by atoms with van der Waals surface area (Å²) in [4.78, 5) is 0. The lowest BCUT2D eigenvalue weighted by molar-refractivity contribution is -0.155. The summed E-state index contributed by atoms with van der Waals surface area (Å²) < 4.78 is 11.7. The average Bonchev–Trinajstić information content (AvgIpc) is 2.49. The summed E-state index contributed by atoms with van der Waals surface area (Å²) in [7, 11) is 0. The second-order valence-corrected chi connectivity index (χ2v) is 7.76. The molecule has 3 aliphatic rings. The normalized spacial score (nSPS) is 33.7. The van der Waals surface area contributed by atoms with Gasteiger partial charge in [0.05, 0.1) is 5.60 Å². The van der Waals surface area contributed by atoms with E-state index in [1.807, 2.05) is 0 Å². The Bertz CT molecular complexity index is 330. The lowest BCUT2D eigenvalue weighted by Crippen LogP contribution is -2.56. The topological polar surface area (TPSA) is 56.5 Å². The zero-order chi connectivity index (χ0) is 14.8. The zero-order valence-corrected chi connectivity index (χ0v) is 13.5. The van der Waals surface area contributed by atoms with Crippen LogP contribution in [0.1, 0.15) is 64.7 Å². The second-order valence-electron chi connectivity index (χ2n) is 7.76. The molecule has 0 radical (unpaired) electrons. The Labute approximate surface area is 129 Å². The SMILES string of the molecule is CC1(C(NN)C2CCOC3(CCOCC3)C2)CCCCC1. The lowest BCUT2D eigenvalue weighted by atomic mass is 9.64. The largest absolute Gasteiger partial charge is 0.381 e. The number of hydrazine groups is 1. The molecule has 0 bridgehead atoms. The molecule has 1 spiro atoms. The molecule has 1 aliphatic carbocycles. The first kappa shape index (κ1) is 15.7. The summed E-state index contributed by atoms with van der Waals surface area (Å²) in [6.07, 6.45) is 11.1. The average molecular weight is 296 g/mol. The third kappa shape index (κ3) is 3.29. The van der Waals surface area contributed by atoms with Crippen LogP contribution < -0.4 is 11.3 Å². The van der Waals surface area contributed by atoms with Crippen molar-refractivity contribution in [3.05, 3.63) is 0 Å². The van der Waals surface area contributed by atoms with Gasteiger partial charge in [-0.25, -0.2) is 0 Å². The van der Waals surface area contributed by atoms with E-state index in [4.69, 9.17) is 15.3 Å². The molecular weight excluding hydrogens is 264 g/mol. The Morgan fingerprint density at radius 1 is 1.05 bits per heavy atom. The van der Waals surface area contributed by atoms with Gasteiger partial charge in [0.1, 0.15) is 0 Å². The number of hydrogen-bond donors (Lipinski definition) is 2. The van der Waals surface area contributed by atoms with E-state index in [9.17, 15) is 0 Å². The van der Waals surface area contributed by atoms with E-state index < -0.39 is 0 Å². The maximum absolute atomic E-state index is 6.20. The number of hydrogen-bond acceptors (Lipinski definition) is 4. The first-order valence-electron chi connectivity index (χ1n) is 8.85. The van der Waals surface area contributed by atoms with Crippen LogP contribution in [0.4, 0.5) is 0 Å². The molecule has 4 heteroatoms. The molecule has 0 amide bonds. The fraction of sp³-hybridized carbons (Fsp3) is 1.00. The van der Waals surface area contributed by atoms with Crippen LogP contribution in [0, 0.1) is 11.3 Å². The second kappa shape index (κ2) is 6.53. The molecule has 2 atom stereocenters. The van der Waals surface area contributed by atoms with Crippen molar-refractivity contribution in [1.29, 1.82) is 0 Å². The van der Waals surface area contributed by atoms with Gasteiger partial charge < -0.3 is 9.47 Å². The van der Waals surface area contributed by atoms with E-state index in [2.05, 4.69) is 12.3 Å². The molecule has 122 valence electrons. The van der Waals surface area contributed by atoms with E-state index in [1.54, 1.807) is 0 Å². The van der Waals surface area contributed by atoms with Crippen molar-refractivity contribution in [2.75, 3.05) is 19.8 Å². The molecular formula is C17H32N2O2. The van der Waals surface area contributed by atoms with Gasteiger partial charge in [0.25, 0.3) is 0 Å². The molecule has 4 nitrogen and oxygen atoms in total. The van der Waals surface area contributed by atoms with Crippen LogP contribution in [-0.4, -0.2) is 31.5 Å². The maximum Gasteiger partial charge on any atom is 0.0729 e. The molecule has 3 N–H and O–H groups in total. The Hall–Kier alpha value is -0.160. The molecule has 0 aromatic heterocycles. The van der Waals surface area contributed by atoms with Crippen molar-refractivity contribution in [2.24, 2.45) is 17.2 Å². The third-order valence-corrected chi connectivity index (χ3v) is 6.33. The van der Waals surface area contributed by atoms with Crippen molar-refractivity contribution in [3.8, 4) is 0 Å². The fourth-order valence-electron chi connectivity index (χ4n) is 5.02. The molecule has 2 unspecified atom stereocenters. The van der Waals surface area contributed by atoms with E-state index in [-0.39, 0.29) is 5.60 Å². The minimum Gasteiger partial charge on any atom is -0.381 e. The van der Waals surface area contributed by atoms with Crippen LogP contribution in [0.25, 0.3) is 0 Å². The predicted molar refractivity (Wildman–Crippen MR) is 83.8 cm³/mol. The van der Waals surface area contributed by atoms with Gasteiger partial charge in [-0.3, -0.25) is 11.3 Å². The number of nitrogens with two attached hydrogens (primary N) is 1. The molecule has 0 aromatic carbocycles. The summed E-state index contributed by atoms with van der Waals surface area (Å²) >= 11 is 0. The van der Waals surface area contributed by atoms with E-state index >= 15 is 0 Å². The highest BCUT2D eigenvalue weighted by Crippen LogP contribution is 2.46. The first-order valence-corrected chi connectivity index (χ1v) is 8.85. The molecule has 21 heavy (non-hydrogen) atoms. The quantitative estimate of drug-likeness (QED) is 0.621. The van der Waals surface area contributed by atoms with Crippen LogP contribution in [0.3, 0.4) is 0 Å². The van der Waals surface area contributed by atoms with Crippen LogP contribution in [0.15, 0.2) is 0 Å². The van der Waals surface area contributed by atoms with E-state index in [0.717, 1.165) is 45.5 Å². The van der Waals surface area contributed by atoms with Gasteiger partial charge in [0.2, 0.25) is 0 Å². The van der Waals surface area contributed by atoms with Crippen molar-refractivity contribution >= 4 is 0 Å². The van der Waals surface area contributed by atoms with Crippen LogP contribution >= 0.6 is 0 Å². The molecule has 2 heterocycles. The monoisotopic (exact) mass is 296 g/mol. The van der Waals surface area contributed by atoms with E-state index in [0.29, 0.717) is 17.4 Å². The van der Waals surface area contributed by atoms with Gasteiger partial charge in [-0.2, -0.15) is 0 Å². The van der Waals surface area contributed by atoms with Crippen molar-refractivity contribution < 1.29 is 9.47 Å². The Balaban J connectivity index is 1.71. The molecule has 0 aromatic rings. The van der Waals surface area contributed by atoms with Crippen LogP contribution in [0.5, 0.6) is 0 Å². The first-order chi connectivity index (χ1) is 10.2. The summed E-state index contributed by atoms with van der Waals surface area (Å²) in [6.45, 7) is 5.04. The molecule has 2 aliphatic heterocycles. The van der Waals surface area contributed by atoms with Gasteiger partial charge in [0, 0.05) is 25.9 Å². The van der Waals surface area contributed by atoms with Crippen molar-refractivity contribution in [3.63, 3.8) is 0 Å². The molecule has 3 rings (SSSR count). The van der Waals surface area contributed by atoms with E-state index in [1.165, 1.54) is 32.1 Å². The van der Waals surface area contributed by atoms with Gasteiger partial charge in [-0.1, -0.05) is 26.2 Å². The predicted octanol–water partition coefficient (Wildman–Crippen LogP) is 2.76. The summed E-state index contributed by atoms with van der Waals surface area (Å²) in [6, 6.07) is 0.432. The molecule has 1 saturated carbocycles. The van der Waals surface area contributed by atoms with Gasteiger partial charge >= 0.3 is 0 Å². The van der Waals surface area contributed by atoms with Crippen LogP contribution in [0.2, 0.25) is 0 Å². The van der Waals surface area contributed by atoms with Crippen molar-refractivity contribution in [1.82, 2.24) is 5.43 Å². The molecule has 3 fully saturated rings. The minimum absolute atomic E-state index is 0.0707. The van der Waals surface area contributed by atoms with Gasteiger partial charge in [0.15, 0.2) is 0 Å². The van der Waals surface area contributed by atoms with Gasteiger partial charge in [-0.15, -0.1) is 0 Å². The third-order valence-electron chi connectivity index (χ3n) is 6.33. The number of rotatable bonds is 3. The number of ether oxygens (including phenoxy) is 2. The van der Waals surface area contributed by atoms with Crippen LogP contribution in [-0.2, 0) is 9.47 Å². The maximum atomic E-state index is 6.20. The highest BCUT2D eigenvalue weighted by molar-refractivity contribution is 4.98. The van der Waals surface area contributed by atoms with Crippen molar-refractivity contribution in [2.45, 2.75) is 76.4 Å². The minimum atomic E-state index is 0.0707. The Morgan fingerprint density at radius 3 is 2.43 bits per heavy atom. The fourth-order valence-corrected chi connectivity index (χ4v) is 5.02. The summed E-state index contributed by atoms with van der Waals surface area (Å²) in [5.74, 6) is 6.67. The van der Waals surface area contributed by atoms with Gasteiger partial charge in [-0.05, 0) is 49.9 Å². The Morgan fingerprint density at radius 2 is 1.76 bits per heavy atom. The zero-order valence-electron chi connectivity index (χ0n) is 13.5. The summed E-state index contributed by atoms with van der Waals surface area (Å²) in [5, 5.41) is 0. The molecule has 2 saturated heterocycles. The highest BCUT2D eigenvalue weighted by Gasteiger charge is 2.46. The summed E-state index contributed by atoms with van der Waals surface area (Å²) in [5.41, 5.74) is 3.65. The Kier molecular flexibility index (Phi) is 4.89. The smallest absolute Gasteiger partial charge is 0.0729 e. The number of nitrogens with one attached hydrogen (secondary N) is 1. The lowest BCUT2D eigenvalue weighted by Gasteiger charge is -2.50.